The van der Waals surface area contributed by atoms with Crippen LogP contribution in [-0.2, 0) is 14.3 Å². The number of ketones is 1. The van der Waals surface area contributed by atoms with Gasteiger partial charge in [-0.3, -0.25) is 0 Å². The van der Waals surface area contributed by atoms with Gasteiger partial charge >= 0.3 is 5.97 Å². The lowest BCUT2D eigenvalue weighted by atomic mass is 10.1. The van der Waals surface area contributed by atoms with Crippen molar-refractivity contribution in [3.63, 3.8) is 0 Å². The Labute approximate surface area is 123 Å². The summed E-state index contributed by atoms with van der Waals surface area (Å²) in [5, 5.41) is 8.35. The fourth-order valence-electron chi connectivity index (χ4n) is 1.68. The Hall–Kier alpha value is -0.900. The molecule has 0 amide bonds. The van der Waals surface area contributed by atoms with Crippen LogP contribution in [0.3, 0.4) is 0 Å². The molecule has 0 heterocycles. The third-order valence-electron chi connectivity index (χ3n) is 2.92. The number of hydrogen-bond acceptors (Lipinski definition) is 4. The quantitative estimate of drug-likeness (QED) is 0.492. The smallest absolute Gasteiger partial charge is 0.334 e. The standard InChI is InChI=1S/C12H24O.C4H8O3/c1-3-4-5-6-7-8-9-10-11-12(2)13;1-3(5)4(6)7-2/h3-11H2,1-2H3;3,5H,1-2H3. The first-order chi connectivity index (χ1) is 9.45. The minimum absolute atomic E-state index is 0.339. The third-order valence-corrected chi connectivity index (χ3v) is 2.92. The van der Waals surface area contributed by atoms with Crippen LogP contribution >= 0.6 is 0 Å². The normalized spacial score (nSPS) is 11.2. The van der Waals surface area contributed by atoms with Crippen molar-refractivity contribution in [1.29, 1.82) is 0 Å². The molecule has 0 saturated heterocycles. The predicted octanol–water partition coefficient (Wildman–Crippen LogP) is 3.65. The monoisotopic (exact) mass is 288 g/mol. The molecule has 0 radical (unpaired) electrons. The zero-order chi connectivity index (χ0) is 15.8. The highest BCUT2D eigenvalue weighted by atomic mass is 16.5. The van der Waals surface area contributed by atoms with Gasteiger partial charge in [0.1, 0.15) is 11.9 Å². The summed E-state index contributed by atoms with van der Waals surface area (Å²) in [6, 6.07) is 0. The lowest BCUT2D eigenvalue weighted by Crippen LogP contribution is -2.16. The number of aliphatic hydroxyl groups is 1. The Morgan fingerprint density at radius 3 is 1.75 bits per heavy atom. The Kier molecular flexibility index (Phi) is 17.3. The molecule has 1 unspecified atom stereocenters. The summed E-state index contributed by atoms with van der Waals surface area (Å²) in [7, 11) is 1.23. The Balaban J connectivity index is 0. The topological polar surface area (TPSA) is 63.6 Å². The van der Waals surface area contributed by atoms with Crippen molar-refractivity contribution < 1.29 is 19.4 Å². The first-order valence-electron chi connectivity index (χ1n) is 7.71. The lowest BCUT2D eigenvalue weighted by molar-refractivity contribution is -0.149. The predicted molar refractivity (Wildman–Crippen MR) is 81.6 cm³/mol. The molecule has 4 nitrogen and oxygen atoms in total. The maximum atomic E-state index is 10.6. The van der Waals surface area contributed by atoms with Crippen molar-refractivity contribution in [2.75, 3.05) is 7.11 Å². The maximum absolute atomic E-state index is 10.6. The minimum atomic E-state index is -0.995. The number of carbonyl (C=O) groups is 2. The Morgan fingerprint density at radius 1 is 1.00 bits per heavy atom. The fourth-order valence-corrected chi connectivity index (χ4v) is 1.68. The van der Waals surface area contributed by atoms with Gasteiger partial charge in [-0.25, -0.2) is 4.79 Å². The summed E-state index contributed by atoms with van der Waals surface area (Å²) in [4.78, 5) is 20.7. The summed E-state index contributed by atoms with van der Waals surface area (Å²) in [6.07, 6.45) is 10.3. The number of aliphatic hydroxyl groups excluding tert-OH is 1. The van der Waals surface area contributed by atoms with Gasteiger partial charge in [0.15, 0.2) is 0 Å². The van der Waals surface area contributed by atoms with Gasteiger partial charge in [0.25, 0.3) is 0 Å². The van der Waals surface area contributed by atoms with Gasteiger partial charge in [0.2, 0.25) is 0 Å². The van der Waals surface area contributed by atoms with E-state index in [0.717, 1.165) is 12.8 Å². The summed E-state index contributed by atoms with van der Waals surface area (Å²) in [5.74, 6) is -0.258. The number of rotatable bonds is 10. The van der Waals surface area contributed by atoms with Gasteiger partial charge < -0.3 is 14.6 Å². The molecule has 0 aromatic rings. The molecule has 0 aliphatic heterocycles. The van der Waals surface area contributed by atoms with E-state index in [-0.39, 0.29) is 0 Å². The summed E-state index contributed by atoms with van der Waals surface area (Å²) < 4.78 is 4.12. The van der Waals surface area contributed by atoms with Crippen molar-refractivity contribution in [3.05, 3.63) is 0 Å². The van der Waals surface area contributed by atoms with E-state index in [1.165, 1.54) is 59.0 Å². The van der Waals surface area contributed by atoms with Crippen LogP contribution in [0.2, 0.25) is 0 Å². The first-order valence-corrected chi connectivity index (χ1v) is 7.71. The van der Waals surface area contributed by atoms with Gasteiger partial charge in [-0.1, -0.05) is 51.9 Å². The van der Waals surface area contributed by atoms with E-state index in [2.05, 4.69) is 11.7 Å². The fraction of sp³-hybridized carbons (Fsp3) is 0.875. The van der Waals surface area contributed by atoms with Crippen molar-refractivity contribution in [1.82, 2.24) is 0 Å². The number of esters is 1. The summed E-state index contributed by atoms with van der Waals surface area (Å²) >= 11 is 0. The van der Waals surface area contributed by atoms with Crippen LogP contribution in [0, 0.1) is 0 Å². The molecule has 0 spiro atoms. The van der Waals surface area contributed by atoms with Gasteiger partial charge in [-0.05, 0) is 20.3 Å². The number of hydrogen-bond donors (Lipinski definition) is 1. The van der Waals surface area contributed by atoms with E-state index in [1.54, 1.807) is 6.92 Å². The van der Waals surface area contributed by atoms with Crippen LogP contribution in [0.4, 0.5) is 0 Å². The molecule has 0 rings (SSSR count). The van der Waals surface area contributed by atoms with Crippen LogP contribution in [0.15, 0.2) is 0 Å². The molecule has 0 bridgehead atoms. The molecule has 0 aromatic carbocycles. The van der Waals surface area contributed by atoms with E-state index in [1.807, 2.05) is 0 Å². The number of ether oxygens (including phenoxy) is 1. The highest BCUT2D eigenvalue weighted by Gasteiger charge is 2.05. The average molecular weight is 288 g/mol. The average Bonchev–Trinajstić information content (AvgIpc) is 2.41. The van der Waals surface area contributed by atoms with Crippen molar-refractivity contribution >= 4 is 11.8 Å². The van der Waals surface area contributed by atoms with Crippen molar-refractivity contribution in [2.24, 2.45) is 0 Å². The molecule has 0 aromatic heterocycles. The third kappa shape index (κ3) is 19.4. The number of methoxy groups -OCH3 is 1. The minimum Gasteiger partial charge on any atom is -0.467 e. The van der Waals surface area contributed by atoms with Gasteiger partial charge in [-0.2, -0.15) is 0 Å². The van der Waals surface area contributed by atoms with Crippen LogP contribution in [-0.4, -0.2) is 30.1 Å². The number of unbranched alkanes of at least 4 members (excludes halogenated alkanes) is 7. The summed E-state index contributed by atoms with van der Waals surface area (Å²) in [6.45, 7) is 5.28. The molecule has 1 atom stereocenters. The second kappa shape index (κ2) is 16.2. The molecule has 1 N–H and O–H groups in total. The first kappa shape index (κ1) is 21.4. The zero-order valence-electron chi connectivity index (χ0n) is 13.6. The van der Waals surface area contributed by atoms with E-state index in [4.69, 9.17) is 5.11 Å². The van der Waals surface area contributed by atoms with Crippen molar-refractivity contribution in [3.8, 4) is 0 Å². The Morgan fingerprint density at radius 2 is 1.45 bits per heavy atom. The van der Waals surface area contributed by atoms with E-state index in [9.17, 15) is 9.59 Å². The highest BCUT2D eigenvalue weighted by Crippen LogP contribution is 2.09. The van der Waals surface area contributed by atoms with Crippen molar-refractivity contribution in [2.45, 2.75) is 84.7 Å². The molecule has 0 aliphatic rings. The van der Waals surface area contributed by atoms with E-state index in [0.29, 0.717) is 5.78 Å². The largest absolute Gasteiger partial charge is 0.467 e. The second-order valence-corrected chi connectivity index (χ2v) is 5.13. The molecule has 0 fully saturated rings. The molecule has 20 heavy (non-hydrogen) atoms. The molecule has 120 valence electrons. The Bertz CT molecular complexity index is 237. The highest BCUT2D eigenvalue weighted by molar-refractivity contribution is 5.75. The maximum Gasteiger partial charge on any atom is 0.334 e. The second-order valence-electron chi connectivity index (χ2n) is 5.13. The lowest BCUT2D eigenvalue weighted by Gasteiger charge is -1.99. The molecule has 0 aliphatic carbocycles. The van der Waals surface area contributed by atoms with E-state index < -0.39 is 12.1 Å². The SMILES string of the molecule is CCCCCCCCCCC(C)=O.COC(=O)C(C)O. The van der Waals surface area contributed by atoms with E-state index >= 15 is 0 Å². The van der Waals surface area contributed by atoms with Gasteiger partial charge in [0, 0.05) is 6.42 Å². The zero-order valence-corrected chi connectivity index (χ0v) is 13.6. The van der Waals surface area contributed by atoms with Gasteiger partial charge in [0.05, 0.1) is 7.11 Å². The van der Waals surface area contributed by atoms with Crippen LogP contribution in [0.25, 0.3) is 0 Å². The molecular formula is C16H32O4. The number of Topliss-reactive ketones (excluding diaryl/α,β-unsaturated/α-hetero) is 1. The molecule has 4 heteroatoms. The van der Waals surface area contributed by atoms with Crippen LogP contribution < -0.4 is 0 Å². The molecule has 0 saturated carbocycles. The number of carbonyl (C=O) groups excluding carboxylic acids is 2. The van der Waals surface area contributed by atoms with Crippen LogP contribution in [0.5, 0.6) is 0 Å². The molecular weight excluding hydrogens is 256 g/mol. The van der Waals surface area contributed by atoms with Gasteiger partial charge in [-0.15, -0.1) is 0 Å². The summed E-state index contributed by atoms with van der Waals surface area (Å²) in [5.41, 5.74) is 0. The van der Waals surface area contributed by atoms with Crippen LogP contribution in [0.1, 0.15) is 78.6 Å².